The van der Waals surface area contributed by atoms with E-state index < -0.39 is 46.3 Å². The molecule has 5 nitrogen and oxygen atoms in total. The molecule has 0 spiro atoms. The minimum atomic E-state index is -1.42. The zero-order valence-corrected chi connectivity index (χ0v) is 10.2. The zero-order chi connectivity index (χ0) is 15.6. The summed E-state index contributed by atoms with van der Waals surface area (Å²) in [6.45, 7) is 0. The normalized spacial score (nSPS) is 10.2. The quantitative estimate of drug-likeness (QED) is 0.911. The Bertz CT molecular complexity index is 711. The molecule has 108 valence electrons. The van der Waals surface area contributed by atoms with E-state index in [9.17, 15) is 22.8 Å². The highest BCUT2D eigenvalue weighted by molar-refractivity contribution is 6.09. The Morgan fingerprint density at radius 3 is 2.33 bits per heavy atom. The SMILES string of the molecule is O=C(O)c1cccnc1C(=O)Nc1c(F)cc(F)cc1F. The van der Waals surface area contributed by atoms with Crippen LogP contribution in [0.4, 0.5) is 18.9 Å². The first-order chi connectivity index (χ1) is 9.90. The number of carboxylic acids is 1. The van der Waals surface area contributed by atoms with Crippen LogP contribution in [0.15, 0.2) is 30.5 Å². The van der Waals surface area contributed by atoms with Gasteiger partial charge in [-0.25, -0.2) is 18.0 Å². The first-order valence-electron chi connectivity index (χ1n) is 5.54. The summed E-state index contributed by atoms with van der Waals surface area (Å²) in [6.07, 6.45) is 1.15. The number of pyridine rings is 1. The lowest BCUT2D eigenvalue weighted by molar-refractivity contribution is 0.0691. The number of carbonyl (C=O) groups excluding carboxylic acids is 1. The molecule has 21 heavy (non-hydrogen) atoms. The highest BCUT2D eigenvalue weighted by atomic mass is 19.1. The Labute approximate surface area is 116 Å². The fourth-order valence-corrected chi connectivity index (χ4v) is 1.59. The summed E-state index contributed by atoms with van der Waals surface area (Å²) in [7, 11) is 0. The van der Waals surface area contributed by atoms with Crippen LogP contribution in [0.3, 0.4) is 0 Å². The molecule has 1 aromatic carbocycles. The number of carbonyl (C=O) groups is 2. The Kier molecular flexibility index (Phi) is 3.88. The second-order valence-corrected chi connectivity index (χ2v) is 3.90. The molecular weight excluding hydrogens is 289 g/mol. The van der Waals surface area contributed by atoms with Gasteiger partial charge in [0.15, 0.2) is 11.6 Å². The third-order valence-electron chi connectivity index (χ3n) is 2.50. The number of halogens is 3. The van der Waals surface area contributed by atoms with Crippen LogP contribution in [-0.4, -0.2) is 22.0 Å². The number of nitrogens with one attached hydrogen (secondary N) is 1. The predicted octanol–water partition coefficient (Wildman–Crippen LogP) is 2.45. The number of hydrogen-bond donors (Lipinski definition) is 2. The molecule has 2 aromatic rings. The molecule has 0 aliphatic rings. The van der Waals surface area contributed by atoms with Gasteiger partial charge in [0.1, 0.15) is 17.2 Å². The van der Waals surface area contributed by atoms with Crippen molar-refractivity contribution in [3.05, 3.63) is 59.2 Å². The van der Waals surface area contributed by atoms with Gasteiger partial charge in [0.05, 0.1) is 5.56 Å². The van der Waals surface area contributed by atoms with Gasteiger partial charge in [0.25, 0.3) is 5.91 Å². The highest BCUT2D eigenvalue weighted by Gasteiger charge is 2.20. The van der Waals surface area contributed by atoms with Crippen LogP contribution < -0.4 is 5.32 Å². The van der Waals surface area contributed by atoms with Gasteiger partial charge in [0, 0.05) is 18.3 Å². The summed E-state index contributed by atoms with van der Waals surface area (Å²) in [6, 6.07) is 3.17. The minimum absolute atomic E-state index is 0.384. The van der Waals surface area contributed by atoms with Crippen molar-refractivity contribution in [2.45, 2.75) is 0 Å². The number of rotatable bonds is 3. The lowest BCUT2D eigenvalue weighted by Gasteiger charge is -2.08. The van der Waals surface area contributed by atoms with Gasteiger partial charge in [-0.2, -0.15) is 0 Å². The number of aromatic carboxylic acids is 1. The molecule has 0 atom stereocenters. The first-order valence-corrected chi connectivity index (χ1v) is 5.54. The number of nitrogens with zero attached hydrogens (tertiary/aromatic N) is 1. The summed E-state index contributed by atoms with van der Waals surface area (Å²) < 4.78 is 39.6. The minimum Gasteiger partial charge on any atom is -0.478 e. The smallest absolute Gasteiger partial charge is 0.338 e. The van der Waals surface area contributed by atoms with E-state index in [-0.39, 0.29) is 0 Å². The predicted molar refractivity (Wildman–Crippen MR) is 65.5 cm³/mol. The monoisotopic (exact) mass is 296 g/mol. The number of amides is 1. The van der Waals surface area contributed by atoms with Crippen LogP contribution in [0, 0.1) is 17.5 Å². The van der Waals surface area contributed by atoms with Crippen LogP contribution in [0.5, 0.6) is 0 Å². The Morgan fingerprint density at radius 1 is 1.14 bits per heavy atom. The second-order valence-electron chi connectivity index (χ2n) is 3.90. The van der Waals surface area contributed by atoms with Crippen LogP contribution >= 0.6 is 0 Å². The molecule has 0 saturated heterocycles. The van der Waals surface area contributed by atoms with E-state index in [0.717, 1.165) is 12.3 Å². The molecule has 8 heteroatoms. The Morgan fingerprint density at radius 2 is 1.76 bits per heavy atom. The van der Waals surface area contributed by atoms with Crippen molar-refractivity contribution < 1.29 is 27.9 Å². The molecule has 2 rings (SSSR count). The highest BCUT2D eigenvalue weighted by Crippen LogP contribution is 2.21. The summed E-state index contributed by atoms with van der Waals surface area (Å²) >= 11 is 0. The van der Waals surface area contributed by atoms with Gasteiger partial charge in [0.2, 0.25) is 0 Å². The van der Waals surface area contributed by atoms with Crippen molar-refractivity contribution in [3.63, 3.8) is 0 Å². The fourth-order valence-electron chi connectivity index (χ4n) is 1.59. The van der Waals surface area contributed by atoms with E-state index in [4.69, 9.17) is 5.11 Å². The van der Waals surface area contributed by atoms with Crippen molar-refractivity contribution >= 4 is 17.6 Å². The number of hydrogen-bond acceptors (Lipinski definition) is 3. The maximum absolute atomic E-state index is 13.4. The third-order valence-corrected chi connectivity index (χ3v) is 2.50. The molecule has 1 aromatic heterocycles. The summed E-state index contributed by atoms with van der Waals surface area (Å²) in [5.41, 5.74) is -1.84. The molecule has 0 fully saturated rings. The molecular formula is C13H7F3N2O3. The van der Waals surface area contributed by atoms with Gasteiger partial charge in [-0.15, -0.1) is 0 Å². The van der Waals surface area contributed by atoms with Gasteiger partial charge in [-0.3, -0.25) is 9.78 Å². The summed E-state index contributed by atoms with van der Waals surface area (Å²) in [5, 5.41) is 10.7. The van der Waals surface area contributed by atoms with Gasteiger partial charge in [-0.05, 0) is 12.1 Å². The Balaban J connectivity index is 2.38. The largest absolute Gasteiger partial charge is 0.478 e. The molecule has 0 radical (unpaired) electrons. The zero-order valence-electron chi connectivity index (χ0n) is 10.2. The molecule has 1 amide bonds. The second kappa shape index (κ2) is 5.61. The molecule has 0 aliphatic heterocycles. The van der Waals surface area contributed by atoms with Gasteiger partial charge < -0.3 is 10.4 Å². The molecule has 2 N–H and O–H groups in total. The molecule has 0 unspecified atom stereocenters. The number of carboxylic acid groups (broad SMARTS) is 1. The average molecular weight is 296 g/mol. The van der Waals surface area contributed by atoms with Gasteiger partial charge >= 0.3 is 5.97 Å². The van der Waals surface area contributed by atoms with Crippen LogP contribution in [0.2, 0.25) is 0 Å². The first kappa shape index (κ1) is 14.5. The van der Waals surface area contributed by atoms with Crippen molar-refractivity contribution in [1.29, 1.82) is 0 Å². The summed E-state index contributed by atoms with van der Waals surface area (Å²) in [5.74, 6) is -6.35. The molecule has 1 heterocycles. The van der Waals surface area contributed by atoms with Crippen molar-refractivity contribution in [1.82, 2.24) is 4.98 Å². The number of benzene rings is 1. The fraction of sp³-hybridized carbons (Fsp3) is 0. The molecule has 0 bridgehead atoms. The van der Waals surface area contributed by atoms with E-state index in [2.05, 4.69) is 4.98 Å². The van der Waals surface area contributed by atoms with E-state index in [1.165, 1.54) is 6.07 Å². The third kappa shape index (κ3) is 2.99. The van der Waals surface area contributed by atoms with Crippen LogP contribution in [-0.2, 0) is 0 Å². The number of anilines is 1. The maximum atomic E-state index is 13.4. The molecule has 0 aliphatic carbocycles. The van der Waals surface area contributed by atoms with Crippen LogP contribution in [0.25, 0.3) is 0 Å². The number of aromatic nitrogens is 1. The molecule has 0 saturated carbocycles. The van der Waals surface area contributed by atoms with E-state index in [0.29, 0.717) is 12.1 Å². The van der Waals surface area contributed by atoms with E-state index in [1.54, 1.807) is 0 Å². The standard InChI is InChI=1S/C13H7F3N2O3/c14-6-4-8(15)11(9(16)5-6)18-12(19)10-7(13(20)21)2-1-3-17-10/h1-5H,(H,18,19)(H,20,21). The lowest BCUT2D eigenvalue weighted by atomic mass is 10.2. The average Bonchev–Trinajstić information content (AvgIpc) is 2.42. The van der Waals surface area contributed by atoms with E-state index >= 15 is 0 Å². The van der Waals surface area contributed by atoms with Gasteiger partial charge in [-0.1, -0.05) is 0 Å². The lowest BCUT2D eigenvalue weighted by Crippen LogP contribution is -2.19. The maximum Gasteiger partial charge on any atom is 0.338 e. The van der Waals surface area contributed by atoms with Crippen molar-refractivity contribution in [2.24, 2.45) is 0 Å². The van der Waals surface area contributed by atoms with Crippen molar-refractivity contribution in [2.75, 3.05) is 5.32 Å². The van der Waals surface area contributed by atoms with E-state index in [1.807, 2.05) is 5.32 Å². The Hall–Kier alpha value is -2.90. The van der Waals surface area contributed by atoms with Crippen molar-refractivity contribution in [3.8, 4) is 0 Å². The summed E-state index contributed by atoms with van der Waals surface area (Å²) in [4.78, 5) is 26.4. The topological polar surface area (TPSA) is 79.3 Å². The van der Waals surface area contributed by atoms with Crippen LogP contribution in [0.1, 0.15) is 20.8 Å².